The highest BCUT2D eigenvalue weighted by Crippen LogP contribution is 2.23. The Kier molecular flexibility index (Phi) is 5.03. The number of carbonyl (C=O) groups is 2. The summed E-state index contributed by atoms with van der Waals surface area (Å²) >= 11 is 1.19. The van der Waals surface area contributed by atoms with Gasteiger partial charge in [0, 0.05) is 23.4 Å². The van der Waals surface area contributed by atoms with Crippen LogP contribution in [-0.4, -0.2) is 22.3 Å². The zero-order valence-corrected chi connectivity index (χ0v) is 13.6. The lowest BCUT2D eigenvalue weighted by molar-refractivity contribution is -0.645. The largest absolute Gasteiger partial charge is 0.618 e. The van der Waals surface area contributed by atoms with E-state index in [4.69, 9.17) is 0 Å². The quantitative estimate of drug-likeness (QED) is 0.384. The first-order valence-corrected chi connectivity index (χ1v) is 8.00. The van der Waals surface area contributed by atoms with Crippen LogP contribution in [0.3, 0.4) is 0 Å². The number of carbonyl (C=O) groups excluding carboxylic acids is 2. The Bertz CT molecular complexity index is 722. The Morgan fingerprint density at radius 3 is 2.68 bits per heavy atom. The molecule has 6 heteroatoms. The molecule has 2 aromatic heterocycles. The van der Waals surface area contributed by atoms with Gasteiger partial charge >= 0.3 is 0 Å². The van der Waals surface area contributed by atoms with Crippen LogP contribution in [0.4, 0.5) is 0 Å². The molecule has 0 aliphatic rings. The minimum absolute atomic E-state index is 0.0437. The maximum absolute atomic E-state index is 12.4. The molecule has 0 atom stereocenters. The molecule has 0 saturated carbocycles. The molecule has 2 rings (SSSR count). The monoisotopic (exact) mass is 318 g/mol. The van der Waals surface area contributed by atoms with Gasteiger partial charge in [-0.1, -0.05) is 6.92 Å². The van der Waals surface area contributed by atoms with Gasteiger partial charge in [0.25, 0.3) is 5.03 Å². The summed E-state index contributed by atoms with van der Waals surface area (Å²) in [6.07, 6.45) is 2.01. The molecule has 0 aliphatic heterocycles. The normalized spacial score (nSPS) is 10.7. The van der Waals surface area contributed by atoms with Crippen molar-refractivity contribution >= 4 is 23.3 Å². The Hall–Kier alpha value is -2.08. The van der Waals surface area contributed by atoms with Gasteiger partial charge in [0.2, 0.25) is 0 Å². The van der Waals surface area contributed by atoms with Gasteiger partial charge in [-0.3, -0.25) is 9.59 Å². The van der Waals surface area contributed by atoms with E-state index in [1.54, 1.807) is 25.1 Å². The van der Waals surface area contributed by atoms with Gasteiger partial charge in [0.05, 0.1) is 11.4 Å². The number of rotatable bonds is 6. The van der Waals surface area contributed by atoms with E-state index in [1.165, 1.54) is 24.9 Å². The van der Waals surface area contributed by atoms with Crippen LogP contribution in [0.25, 0.3) is 0 Å². The van der Waals surface area contributed by atoms with Gasteiger partial charge in [0.1, 0.15) is 0 Å². The molecule has 0 saturated heterocycles. The number of pyridine rings is 1. The second kappa shape index (κ2) is 6.79. The highest BCUT2D eigenvalue weighted by molar-refractivity contribution is 7.99. The Labute approximate surface area is 133 Å². The molecule has 22 heavy (non-hydrogen) atoms. The molecule has 0 bridgehead atoms. The maximum atomic E-state index is 12.4. The van der Waals surface area contributed by atoms with Crippen molar-refractivity contribution in [1.29, 1.82) is 0 Å². The fraction of sp³-hybridized carbons (Fsp3) is 0.312. The number of nitrogens with zero attached hydrogens (tertiary/aromatic N) is 1. The number of nitrogens with one attached hydrogen (secondary N) is 1. The molecule has 0 aromatic carbocycles. The van der Waals surface area contributed by atoms with Crippen LogP contribution in [0.15, 0.2) is 29.4 Å². The Morgan fingerprint density at radius 1 is 1.36 bits per heavy atom. The van der Waals surface area contributed by atoms with Gasteiger partial charge in [-0.25, -0.2) is 0 Å². The lowest BCUT2D eigenvalue weighted by atomic mass is 10.0. The van der Waals surface area contributed by atoms with Crippen LogP contribution < -0.4 is 4.73 Å². The molecule has 5 nitrogen and oxygen atoms in total. The van der Waals surface area contributed by atoms with Gasteiger partial charge in [-0.05, 0) is 43.7 Å². The number of aromatic nitrogens is 2. The molecule has 2 aromatic rings. The van der Waals surface area contributed by atoms with Gasteiger partial charge in [-0.2, -0.15) is 4.73 Å². The third kappa shape index (κ3) is 3.22. The van der Waals surface area contributed by atoms with E-state index in [9.17, 15) is 14.8 Å². The molecule has 0 aliphatic carbocycles. The van der Waals surface area contributed by atoms with Crippen LogP contribution in [0.1, 0.15) is 46.0 Å². The molecule has 0 radical (unpaired) electrons. The number of hydrogen-bond donors (Lipinski definition) is 1. The third-order valence-electron chi connectivity index (χ3n) is 3.42. The number of H-pyrrole nitrogens is 1. The Balaban J connectivity index is 2.22. The molecule has 0 amide bonds. The maximum Gasteiger partial charge on any atom is 0.251 e. The topological polar surface area (TPSA) is 76.9 Å². The lowest BCUT2D eigenvalue weighted by Gasteiger charge is -2.04. The summed E-state index contributed by atoms with van der Waals surface area (Å²) in [6.45, 7) is 5.22. The smallest absolute Gasteiger partial charge is 0.251 e. The van der Waals surface area contributed by atoms with Crippen LogP contribution >= 0.6 is 11.8 Å². The summed E-state index contributed by atoms with van der Waals surface area (Å²) in [5.41, 5.74) is 2.57. The summed E-state index contributed by atoms with van der Waals surface area (Å²) in [4.78, 5) is 27.2. The fourth-order valence-electron chi connectivity index (χ4n) is 2.48. The molecule has 116 valence electrons. The van der Waals surface area contributed by atoms with E-state index >= 15 is 0 Å². The zero-order valence-electron chi connectivity index (χ0n) is 12.8. The average Bonchev–Trinajstić information content (AvgIpc) is 2.83. The first kappa shape index (κ1) is 16.3. The summed E-state index contributed by atoms with van der Waals surface area (Å²) in [5.74, 6) is -0.00429. The second-order valence-electron chi connectivity index (χ2n) is 4.96. The van der Waals surface area contributed by atoms with E-state index in [0.29, 0.717) is 22.7 Å². The van der Waals surface area contributed by atoms with Gasteiger partial charge < -0.3 is 10.2 Å². The molecule has 0 unspecified atom stereocenters. The lowest BCUT2D eigenvalue weighted by Crippen LogP contribution is -2.28. The third-order valence-corrected chi connectivity index (χ3v) is 4.43. The molecule has 0 spiro atoms. The van der Waals surface area contributed by atoms with Gasteiger partial charge in [0.15, 0.2) is 17.8 Å². The highest BCUT2D eigenvalue weighted by Gasteiger charge is 2.22. The number of aromatic amines is 1. The van der Waals surface area contributed by atoms with Crippen LogP contribution in [-0.2, 0) is 6.42 Å². The first-order valence-electron chi connectivity index (χ1n) is 7.02. The predicted molar refractivity (Wildman–Crippen MR) is 85.4 cm³/mol. The van der Waals surface area contributed by atoms with Crippen molar-refractivity contribution < 1.29 is 14.3 Å². The van der Waals surface area contributed by atoms with E-state index in [-0.39, 0.29) is 17.3 Å². The number of aryl methyl sites for hydroxylation is 1. The summed E-state index contributed by atoms with van der Waals surface area (Å²) in [5, 5.41) is 12.0. The van der Waals surface area contributed by atoms with Crippen molar-refractivity contribution in [3.8, 4) is 0 Å². The number of ketones is 2. The molecule has 2 heterocycles. The molecular formula is C16H18N2O3S. The average molecular weight is 318 g/mol. The molecule has 1 N–H and O–H groups in total. The SMILES string of the molecule is CCc1c(C(=O)CSc2cccc[n+]2[O-])[nH]c(C)c1C(C)=O. The van der Waals surface area contributed by atoms with Crippen LogP contribution in [0, 0.1) is 12.1 Å². The van der Waals surface area contributed by atoms with Gasteiger partial charge in [-0.15, -0.1) is 0 Å². The van der Waals surface area contributed by atoms with Crippen molar-refractivity contribution in [1.82, 2.24) is 4.98 Å². The van der Waals surface area contributed by atoms with Crippen molar-refractivity contribution in [3.63, 3.8) is 0 Å². The predicted octanol–water partition coefficient (Wildman–Crippen LogP) is 2.70. The number of hydrogen-bond acceptors (Lipinski definition) is 4. The first-order chi connectivity index (χ1) is 10.5. The standard InChI is InChI=1S/C16H18N2O3S/c1-4-12-15(11(3)19)10(2)17-16(12)13(20)9-22-14-7-5-6-8-18(14)21/h5-8,17H,4,9H2,1-3H3. The van der Waals surface area contributed by atoms with E-state index < -0.39 is 0 Å². The molecular weight excluding hydrogens is 300 g/mol. The van der Waals surface area contributed by atoms with Crippen LogP contribution in [0.2, 0.25) is 0 Å². The summed E-state index contributed by atoms with van der Waals surface area (Å²) in [6, 6.07) is 5.07. The van der Waals surface area contributed by atoms with Crippen molar-refractivity contribution in [2.24, 2.45) is 0 Å². The minimum Gasteiger partial charge on any atom is -0.618 e. The van der Waals surface area contributed by atoms with Crippen molar-refractivity contribution in [2.75, 3.05) is 5.75 Å². The van der Waals surface area contributed by atoms with E-state index in [0.717, 1.165) is 16.0 Å². The summed E-state index contributed by atoms with van der Waals surface area (Å²) < 4.78 is 0.736. The minimum atomic E-state index is -0.110. The molecule has 0 fully saturated rings. The zero-order chi connectivity index (χ0) is 16.3. The number of Topliss-reactive ketones (excluding diaryl/α,β-unsaturated/α-hetero) is 2. The van der Waals surface area contributed by atoms with Crippen molar-refractivity contribution in [3.05, 3.63) is 52.1 Å². The second-order valence-corrected chi connectivity index (χ2v) is 5.96. The highest BCUT2D eigenvalue weighted by atomic mass is 32.2. The fourth-order valence-corrected chi connectivity index (χ4v) is 3.27. The van der Waals surface area contributed by atoms with E-state index in [2.05, 4.69) is 4.98 Å². The van der Waals surface area contributed by atoms with E-state index in [1.807, 2.05) is 6.92 Å². The Morgan fingerprint density at radius 2 is 2.09 bits per heavy atom. The van der Waals surface area contributed by atoms with Crippen molar-refractivity contribution in [2.45, 2.75) is 32.2 Å². The van der Waals surface area contributed by atoms with Crippen LogP contribution in [0.5, 0.6) is 0 Å². The number of thioether (sulfide) groups is 1. The summed E-state index contributed by atoms with van der Waals surface area (Å²) in [7, 11) is 0.